The molecule has 0 fully saturated rings. The van der Waals surface area contributed by atoms with E-state index >= 15 is 0 Å². The molecule has 0 saturated carbocycles. The molecule has 0 amide bonds. The summed E-state index contributed by atoms with van der Waals surface area (Å²) < 4.78 is 5.58. The number of nitrogen functional groups attached to an aromatic ring is 1. The lowest BCUT2D eigenvalue weighted by atomic mass is 10.1. The number of ether oxygens (including phenoxy) is 1. The second kappa shape index (κ2) is 8.34. The maximum Gasteiger partial charge on any atom is 0.220 e. The van der Waals surface area contributed by atoms with Crippen molar-refractivity contribution in [1.82, 2.24) is 25.1 Å². The Bertz CT molecular complexity index is 1210. The van der Waals surface area contributed by atoms with E-state index < -0.39 is 0 Å². The first-order chi connectivity index (χ1) is 14.5. The number of hydrogen-bond acceptors (Lipinski definition) is 6. The van der Waals surface area contributed by atoms with Crippen molar-refractivity contribution in [3.8, 4) is 17.0 Å². The number of nitrogens with zero attached hydrogens (tertiary/aromatic N) is 4. The topological polar surface area (TPSA) is 93.0 Å². The molecule has 0 radical (unpaired) electrons. The van der Waals surface area contributed by atoms with Crippen LogP contribution < -0.4 is 10.5 Å². The summed E-state index contributed by atoms with van der Waals surface area (Å²) in [4.78, 5) is 10.4. The summed E-state index contributed by atoms with van der Waals surface area (Å²) in [6, 6.07) is 14.1. The van der Waals surface area contributed by atoms with E-state index in [-0.39, 0.29) is 5.95 Å². The van der Waals surface area contributed by atoms with Crippen LogP contribution in [0.5, 0.6) is 5.75 Å². The third-order valence-corrected chi connectivity index (χ3v) is 4.78. The van der Waals surface area contributed by atoms with Crippen LogP contribution in [-0.2, 0) is 6.54 Å². The number of rotatable bonds is 6. The number of aromatic nitrogens is 4. The molecule has 4 aromatic rings. The highest BCUT2D eigenvalue weighted by atomic mass is 16.5. The van der Waals surface area contributed by atoms with Gasteiger partial charge in [0, 0.05) is 29.3 Å². The summed E-state index contributed by atoms with van der Waals surface area (Å²) in [5.74, 6) is 1.10. The first kappa shape index (κ1) is 19.6. The Balaban J connectivity index is 1.62. The van der Waals surface area contributed by atoms with Gasteiger partial charge in [-0.05, 0) is 56.1 Å². The molecule has 0 atom stereocenters. The zero-order chi connectivity index (χ0) is 21.1. The fourth-order valence-corrected chi connectivity index (χ4v) is 3.39. The smallest absolute Gasteiger partial charge is 0.220 e. The SMILES string of the molecule is COc1cc(CN(C)C)ccc1/C=C/c1n[nH]c2cc(-c3ccnc(N)n3)ccc12. The molecule has 2 aromatic heterocycles. The second-order valence-electron chi connectivity index (χ2n) is 7.32. The van der Waals surface area contributed by atoms with Crippen LogP contribution in [0.25, 0.3) is 34.3 Å². The van der Waals surface area contributed by atoms with E-state index in [1.54, 1.807) is 13.3 Å². The highest BCUT2D eigenvalue weighted by Crippen LogP contribution is 2.27. The number of hydrogen-bond donors (Lipinski definition) is 2. The molecule has 0 aliphatic rings. The van der Waals surface area contributed by atoms with Crippen molar-refractivity contribution in [2.24, 2.45) is 0 Å². The van der Waals surface area contributed by atoms with Gasteiger partial charge in [-0.3, -0.25) is 5.10 Å². The quantitative estimate of drug-likeness (QED) is 0.511. The number of anilines is 1. The zero-order valence-electron chi connectivity index (χ0n) is 17.3. The molecule has 0 aliphatic carbocycles. The number of benzene rings is 2. The summed E-state index contributed by atoms with van der Waals surface area (Å²) in [7, 11) is 5.79. The van der Waals surface area contributed by atoms with Gasteiger partial charge in [0.15, 0.2) is 0 Å². The van der Waals surface area contributed by atoms with Crippen LogP contribution in [-0.4, -0.2) is 46.3 Å². The summed E-state index contributed by atoms with van der Waals surface area (Å²) in [6.07, 6.45) is 5.66. The maximum atomic E-state index is 5.70. The molecule has 152 valence electrons. The van der Waals surface area contributed by atoms with E-state index in [4.69, 9.17) is 10.5 Å². The lowest BCUT2D eigenvalue weighted by Gasteiger charge is -2.12. The molecule has 0 saturated heterocycles. The highest BCUT2D eigenvalue weighted by Gasteiger charge is 2.08. The minimum Gasteiger partial charge on any atom is -0.496 e. The summed E-state index contributed by atoms with van der Waals surface area (Å²) in [5.41, 5.74) is 11.4. The van der Waals surface area contributed by atoms with Gasteiger partial charge in [0.1, 0.15) is 5.75 Å². The fraction of sp³-hybridized carbons (Fsp3) is 0.174. The standard InChI is InChI=1S/C23H24N6O/c1-29(2)14-15-4-5-16(22(12-15)30-3)7-9-20-18-8-6-17(13-21(18)28-27-20)19-10-11-25-23(24)26-19/h4-13H,14H2,1-3H3,(H,27,28)(H2,24,25,26)/b9-7+. The predicted molar refractivity (Wildman–Crippen MR) is 121 cm³/mol. The first-order valence-corrected chi connectivity index (χ1v) is 9.60. The molecular weight excluding hydrogens is 376 g/mol. The Kier molecular flexibility index (Phi) is 5.45. The van der Waals surface area contributed by atoms with Gasteiger partial charge in [0.2, 0.25) is 5.95 Å². The van der Waals surface area contributed by atoms with E-state index in [0.29, 0.717) is 0 Å². The molecular formula is C23H24N6O. The van der Waals surface area contributed by atoms with E-state index in [2.05, 4.69) is 43.3 Å². The Morgan fingerprint density at radius 1 is 1.10 bits per heavy atom. The van der Waals surface area contributed by atoms with Gasteiger partial charge in [-0.25, -0.2) is 9.97 Å². The van der Waals surface area contributed by atoms with Crippen molar-refractivity contribution in [3.05, 3.63) is 65.5 Å². The molecule has 0 spiro atoms. The molecule has 2 heterocycles. The molecule has 2 aromatic carbocycles. The van der Waals surface area contributed by atoms with Crippen LogP contribution in [0.1, 0.15) is 16.8 Å². The van der Waals surface area contributed by atoms with Gasteiger partial charge in [0.05, 0.1) is 24.0 Å². The van der Waals surface area contributed by atoms with E-state index in [9.17, 15) is 0 Å². The molecule has 4 rings (SSSR count). The minimum atomic E-state index is 0.256. The summed E-state index contributed by atoms with van der Waals surface area (Å²) >= 11 is 0. The van der Waals surface area contributed by atoms with Crippen LogP contribution >= 0.6 is 0 Å². The van der Waals surface area contributed by atoms with Gasteiger partial charge >= 0.3 is 0 Å². The molecule has 30 heavy (non-hydrogen) atoms. The molecule has 7 heteroatoms. The molecule has 3 N–H and O–H groups in total. The number of H-pyrrole nitrogens is 1. The number of nitrogens with two attached hydrogens (primary N) is 1. The van der Waals surface area contributed by atoms with Crippen LogP contribution in [0, 0.1) is 0 Å². The van der Waals surface area contributed by atoms with Crippen molar-refractivity contribution in [2.75, 3.05) is 26.9 Å². The van der Waals surface area contributed by atoms with Gasteiger partial charge in [-0.1, -0.05) is 18.2 Å². The largest absolute Gasteiger partial charge is 0.496 e. The zero-order valence-corrected chi connectivity index (χ0v) is 17.3. The first-order valence-electron chi connectivity index (χ1n) is 9.60. The lowest BCUT2D eigenvalue weighted by molar-refractivity contribution is 0.395. The summed E-state index contributed by atoms with van der Waals surface area (Å²) in [6.45, 7) is 0.866. The van der Waals surface area contributed by atoms with Crippen molar-refractivity contribution >= 4 is 29.0 Å². The van der Waals surface area contributed by atoms with E-state index in [1.807, 2.05) is 50.5 Å². The summed E-state index contributed by atoms with van der Waals surface area (Å²) in [5, 5.41) is 8.58. The Morgan fingerprint density at radius 2 is 1.97 bits per heavy atom. The average Bonchev–Trinajstić information content (AvgIpc) is 3.14. The fourth-order valence-electron chi connectivity index (χ4n) is 3.39. The highest BCUT2D eigenvalue weighted by molar-refractivity contribution is 5.92. The van der Waals surface area contributed by atoms with Crippen LogP contribution in [0.3, 0.4) is 0 Å². The maximum absolute atomic E-state index is 5.70. The van der Waals surface area contributed by atoms with Crippen molar-refractivity contribution in [1.29, 1.82) is 0 Å². The minimum absolute atomic E-state index is 0.256. The number of methoxy groups -OCH3 is 1. The molecule has 0 unspecified atom stereocenters. The van der Waals surface area contributed by atoms with Gasteiger partial charge in [-0.2, -0.15) is 5.10 Å². The van der Waals surface area contributed by atoms with E-state index in [1.165, 1.54) is 5.56 Å². The Labute approximate surface area is 175 Å². The van der Waals surface area contributed by atoms with Gasteiger partial charge in [-0.15, -0.1) is 0 Å². The van der Waals surface area contributed by atoms with Crippen LogP contribution in [0.2, 0.25) is 0 Å². The number of nitrogens with one attached hydrogen (secondary N) is 1. The molecule has 0 bridgehead atoms. The Hall–Kier alpha value is -3.71. The van der Waals surface area contributed by atoms with Crippen molar-refractivity contribution in [3.63, 3.8) is 0 Å². The monoisotopic (exact) mass is 400 g/mol. The second-order valence-corrected chi connectivity index (χ2v) is 7.32. The van der Waals surface area contributed by atoms with Crippen LogP contribution in [0.15, 0.2) is 48.7 Å². The van der Waals surface area contributed by atoms with E-state index in [0.717, 1.165) is 45.7 Å². The normalized spacial score (nSPS) is 11.6. The van der Waals surface area contributed by atoms with Crippen molar-refractivity contribution in [2.45, 2.75) is 6.54 Å². The third kappa shape index (κ3) is 4.16. The van der Waals surface area contributed by atoms with Gasteiger partial charge in [0.25, 0.3) is 0 Å². The Morgan fingerprint density at radius 3 is 2.73 bits per heavy atom. The lowest BCUT2D eigenvalue weighted by Crippen LogP contribution is -2.10. The van der Waals surface area contributed by atoms with Crippen LogP contribution in [0.4, 0.5) is 5.95 Å². The van der Waals surface area contributed by atoms with Crippen molar-refractivity contribution < 1.29 is 4.74 Å². The molecule has 7 nitrogen and oxygen atoms in total. The number of aromatic amines is 1. The van der Waals surface area contributed by atoms with Gasteiger partial charge < -0.3 is 15.4 Å². The molecule has 0 aliphatic heterocycles. The number of fused-ring (bicyclic) bond motifs is 1. The third-order valence-electron chi connectivity index (χ3n) is 4.78. The predicted octanol–water partition coefficient (Wildman–Crippen LogP) is 3.84. The average molecular weight is 400 g/mol.